The van der Waals surface area contributed by atoms with Gasteiger partial charge in [-0.15, -0.1) is 12.4 Å². The number of carbonyl (C=O) groups excluding carboxylic acids is 2. The molecule has 2 rings (SSSR count). The van der Waals surface area contributed by atoms with E-state index in [0.29, 0.717) is 12.5 Å². The predicted molar refractivity (Wildman–Crippen MR) is 98.5 cm³/mol. The molecular formula is C17H33ClN4O2. The van der Waals surface area contributed by atoms with Gasteiger partial charge in [-0.05, 0) is 57.8 Å². The van der Waals surface area contributed by atoms with E-state index in [-0.39, 0.29) is 30.4 Å². The molecule has 0 radical (unpaired) electrons. The van der Waals surface area contributed by atoms with E-state index in [9.17, 15) is 9.59 Å². The van der Waals surface area contributed by atoms with Crippen molar-refractivity contribution in [2.75, 3.05) is 32.7 Å². The van der Waals surface area contributed by atoms with E-state index in [0.717, 1.165) is 51.9 Å². The lowest BCUT2D eigenvalue weighted by Gasteiger charge is -2.31. The Morgan fingerprint density at radius 1 is 1.04 bits per heavy atom. The molecule has 0 unspecified atom stereocenters. The zero-order valence-electron chi connectivity index (χ0n) is 14.8. The number of urea groups is 1. The molecule has 0 spiro atoms. The van der Waals surface area contributed by atoms with Crippen molar-refractivity contribution < 1.29 is 9.59 Å². The van der Waals surface area contributed by atoms with Crippen LogP contribution in [0.25, 0.3) is 0 Å². The average molecular weight is 361 g/mol. The Balaban J connectivity index is 0.00000288. The summed E-state index contributed by atoms with van der Waals surface area (Å²) in [6.07, 6.45) is 7.88. The number of hydrogen-bond donors (Lipinski definition) is 3. The summed E-state index contributed by atoms with van der Waals surface area (Å²) < 4.78 is 0. The van der Waals surface area contributed by atoms with Gasteiger partial charge in [-0.25, -0.2) is 4.79 Å². The molecule has 2 aliphatic rings. The third kappa shape index (κ3) is 7.81. The van der Waals surface area contributed by atoms with Gasteiger partial charge < -0.3 is 10.6 Å². The third-order valence-corrected chi connectivity index (χ3v) is 4.95. The van der Waals surface area contributed by atoms with Crippen molar-refractivity contribution in [2.24, 2.45) is 5.92 Å². The number of amides is 3. The largest absolute Gasteiger partial charge is 0.335 e. The molecule has 140 valence electrons. The molecule has 0 aromatic carbocycles. The van der Waals surface area contributed by atoms with Gasteiger partial charge in [-0.2, -0.15) is 0 Å². The lowest BCUT2D eigenvalue weighted by atomic mass is 9.96. The number of halogens is 1. The van der Waals surface area contributed by atoms with Gasteiger partial charge in [-0.1, -0.05) is 26.2 Å². The molecule has 0 bridgehead atoms. The highest BCUT2D eigenvalue weighted by atomic mass is 35.5. The van der Waals surface area contributed by atoms with Gasteiger partial charge in [0.15, 0.2) is 0 Å². The van der Waals surface area contributed by atoms with E-state index in [1.807, 2.05) is 0 Å². The topological polar surface area (TPSA) is 73.5 Å². The minimum absolute atomic E-state index is 0. The second kappa shape index (κ2) is 11.7. The number of nitrogens with one attached hydrogen (secondary N) is 3. The zero-order chi connectivity index (χ0) is 16.5. The highest BCUT2D eigenvalue weighted by Crippen LogP contribution is 2.17. The van der Waals surface area contributed by atoms with Gasteiger partial charge in [0.05, 0.1) is 6.54 Å². The van der Waals surface area contributed by atoms with Crippen molar-refractivity contribution >= 4 is 24.3 Å². The summed E-state index contributed by atoms with van der Waals surface area (Å²) >= 11 is 0. The molecule has 1 saturated carbocycles. The summed E-state index contributed by atoms with van der Waals surface area (Å²) in [4.78, 5) is 26.0. The number of hydrogen-bond acceptors (Lipinski definition) is 4. The summed E-state index contributed by atoms with van der Waals surface area (Å²) in [5, 5.41) is 8.78. The Morgan fingerprint density at radius 2 is 1.71 bits per heavy atom. The fraction of sp³-hybridized carbons (Fsp3) is 0.882. The summed E-state index contributed by atoms with van der Waals surface area (Å²) in [6.45, 7) is 6.41. The first-order chi connectivity index (χ1) is 11.2. The van der Waals surface area contributed by atoms with Gasteiger partial charge in [-0.3, -0.25) is 15.0 Å². The first kappa shape index (κ1) is 21.2. The molecule has 1 aliphatic carbocycles. The minimum atomic E-state index is -0.330. The van der Waals surface area contributed by atoms with E-state index in [2.05, 4.69) is 27.8 Å². The maximum absolute atomic E-state index is 12.0. The van der Waals surface area contributed by atoms with Gasteiger partial charge in [0.25, 0.3) is 0 Å². The van der Waals surface area contributed by atoms with E-state index in [1.165, 1.54) is 19.3 Å². The number of imide groups is 1. The summed E-state index contributed by atoms with van der Waals surface area (Å²) in [6, 6.07) is -0.0951. The number of nitrogens with zero attached hydrogens (tertiary/aromatic N) is 1. The maximum Gasteiger partial charge on any atom is 0.321 e. The van der Waals surface area contributed by atoms with Crippen LogP contribution in [0.5, 0.6) is 0 Å². The molecule has 3 amide bonds. The SMILES string of the molecule is CCNCC1CCN(CC(=O)NC(=O)NC2CCCCC2)CC1.Cl. The quantitative estimate of drug-likeness (QED) is 0.676. The Labute approximate surface area is 151 Å². The van der Waals surface area contributed by atoms with Gasteiger partial charge in [0, 0.05) is 6.04 Å². The number of rotatable bonds is 6. The van der Waals surface area contributed by atoms with Gasteiger partial charge >= 0.3 is 6.03 Å². The fourth-order valence-electron chi connectivity index (χ4n) is 3.53. The molecular weight excluding hydrogens is 328 g/mol. The summed E-state index contributed by atoms with van der Waals surface area (Å²) in [5.41, 5.74) is 0. The van der Waals surface area contributed by atoms with Crippen LogP contribution in [-0.4, -0.2) is 55.6 Å². The van der Waals surface area contributed by atoms with E-state index in [1.54, 1.807) is 0 Å². The average Bonchev–Trinajstić information content (AvgIpc) is 2.55. The number of likely N-dealkylation sites (tertiary alicyclic amines) is 1. The van der Waals surface area contributed by atoms with Crippen LogP contribution in [0.15, 0.2) is 0 Å². The van der Waals surface area contributed by atoms with Gasteiger partial charge in [0.1, 0.15) is 0 Å². The molecule has 1 heterocycles. The smallest absolute Gasteiger partial charge is 0.321 e. The highest BCUT2D eigenvalue weighted by Gasteiger charge is 2.22. The van der Waals surface area contributed by atoms with Crippen LogP contribution >= 0.6 is 12.4 Å². The minimum Gasteiger partial charge on any atom is -0.335 e. The fourth-order valence-corrected chi connectivity index (χ4v) is 3.53. The highest BCUT2D eigenvalue weighted by molar-refractivity contribution is 5.95. The molecule has 1 aliphatic heterocycles. The van der Waals surface area contributed by atoms with Crippen molar-refractivity contribution in [3.8, 4) is 0 Å². The van der Waals surface area contributed by atoms with Crippen LogP contribution in [0.4, 0.5) is 4.79 Å². The first-order valence-corrected chi connectivity index (χ1v) is 9.20. The lowest BCUT2D eigenvalue weighted by molar-refractivity contribution is -0.121. The van der Waals surface area contributed by atoms with Crippen LogP contribution in [0.3, 0.4) is 0 Å². The van der Waals surface area contributed by atoms with Crippen molar-refractivity contribution in [3.63, 3.8) is 0 Å². The lowest BCUT2D eigenvalue weighted by Crippen LogP contribution is -2.49. The molecule has 0 aromatic heterocycles. The van der Waals surface area contributed by atoms with Crippen molar-refractivity contribution in [1.82, 2.24) is 20.9 Å². The van der Waals surface area contributed by atoms with Crippen LogP contribution in [-0.2, 0) is 4.79 Å². The Morgan fingerprint density at radius 3 is 2.33 bits per heavy atom. The zero-order valence-corrected chi connectivity index (χ0v) is 15.6. The van der Waals surface area contributed by atoms with Crippen LogP contribution < -0.4 is 16.0 Å². The normalized spacial score (nSPS) is 20.2. The van der Waals surface area contributed by atoms with E-state index >= 15 is 0 Å². The van der Waals surface area contributed by atoms with Crippen LogP contribution in [0.2, 0.25) is 0 Å². The summed E-state index contributed by atoms with van der Waals surface area (Å²) in [7, 11) is 0. The summed E-state index contributed by atoms with van der Waals surface area (Å²) in [5.74, 6) is 0.521. The number of piperidine rings is 1. The molecule has 7 heteroatoms. The second-order valence-corrected chi connectivity index (χ2v) is 6.88. The second-order valence-electron chi connectivity index (χ2n) is 6.88. The van der Waals surface area contributed by atoms with Crippen molar-refractivity contribution in [2.45, 2.75) is 57.9 Å². The molecule has 1 saturated heterocycles. The Kier molecular flexibility index (Phi) is 10.3. The first-order valence-electron chi connectivity index (χ1n) is 9.20. The molecule has 6 nitrogen and oxygen atoms in total. The maximum atomic E-state index is 12.0. The monoisotopic (exact) mass is 360 g/mol. The Bertz CT molecular complexity index is 381. The van der Waals surface area contributed by atoms with Crippen molar-refractivity contribution in [1.29, 1.82) is 0 Å². The van der Waals surface area contributed by atoms with E-state index in [4.69, 9.17) is 0 Å². The Hall–Kier alpha value is -0.850. The number of carbonyl (C=O) groups is 2. The van der Waals surface area contributed by atoms with Crippen LogP contribution in [0.1, 0.15) is 51.9 Å². The molecule has 0 atom stereocenters. The molecule has 24 heavy (non-hydrogen) atoms. The molecule has 0 aromatic rings. The van der Waals surface area contributed by atoms with Gasteiger partial charge in [0.2, 0.25) is 5.91 Å². The standard InChI is InChI=1S/C17H32N4O2.ClH/c1-2-18-12-14-8-10-21(11-9-14)13-16(22)20-17(23)19-15-6-4-3-5-7-15;/h14-15,18H,2-13H2,1H3,(H2,19,20,22,23);1H. The van der Waals surface area contributed by atoms with Crippen LogP contribution in [0, 0.1) is 5.92 Å². The molecule has 3 N–H and O–H groups in total. The third-order valence-electron chi connectivity index (χ3n) is 4.95. The predicted octanol–water partition coefficient (Wildman–Crippen LogP) is 1.89. The van der Waals surface area contributed by atoms with E-state index < -0.39 is 0 Å². The van der Waals surface area contributed by atoms with Crippen molar-refractivity contribution in [3.05, 3.63) is 0 Å². The molecule has 2 fully saturated rings.